The second-order valence-electron chi connectivity index (χ2n) is 4.37. The van der Waals surface area contributed by atoms with E-state index in [1.54, 1.807) is 18.3 Å². The molecule has 1 aromatic carbocycles. The van der Waals surface area contributed by atoms with Crippen molar-refractivity contribution in [3.8, 4) is 17.0 Å². The van der Waals surface area contributed by atoms with Crippen LogP contribution in [0.15, 0.2) is 42.6 Å². The number of pyridine rings is 1. The number of hydrogen-bond acceptors (Lipinski definition) is 2. The van der Waals surface area contributed by atoms with Gasteiger partial charge < -0.3 is 4.74 Å². The van der Waals surface area contributed by atoms with Gasteiger partial charge in [-0.25, -0.2) is 0 Å². The van der Waals surface area contributed by atoms with Crippen molar-refractivity contribution in [1.29, 1.82) is 0 Å². The van der Waals surface area contributed by atoms with Gasteiger partial charge in [-0.3, -0.25) is 4.98 Å². The fourth-order valence-corrected chi connectivity index (χ4v) is 1.86. The van der Waals surface area contributed by atoms with E-state index in [0.717, 1.165) is 29.7 Å². The molecule has 2 nitrogen and oxygen atoms in total. The van der Waals surface area contributed by atoms with E-state index in [9.17, 15) is 13.2 Å². The first-order valence-electron chi connectivity index (χ1n) is 6.29. The summed E-state index contributed by atoms with van der Waals surface area (Å²) in [5, 5.41) is 0. The third kappa shape index (κ3) is 3.98. The number of aromatic nitrogens is 1. The fourth-order valence-electron chi connectivity index (χ4n) is 1.86. The molecule has 0 aliphatic heterocycles. The van der Waals surface area contributed by atoms with Crippen molar-refractivity contribution < 1.29 is 17.9 Å². The second-order valence-corrected chi connectivity index (χ2v) is 4.37. The molecule has 2 aromatic rings. The lowest BCUT2D eigenvalue weighted by Gasteiger charge is -2.09. The van der Waals surface area contributed by atoms with Gasteiger partial charge in [0.25, 0.3) is 0 Å². The lowest BCUT2D eigenvalue weighted by Crippen LogP contribution is -2.16. The van der Waals surface area contributed by atoms with Crippen LogP contribution in [0, 0.1) is 0 Å². The molecule has 0 N–H and O–H groups in total. The molecule has 20 heavy (non-hydrogen) atoms. The Morgan fingerprint density at radius 1 is 1.05 bits per heavy atom. The van der Waals surface area contributed by atoms with Crippen molar-refractivity contribution in [1.82, 2.24) is 4.98 Å². The quantitative estimate of drug-likeness (QED) is 0.817. The Morgan fingerprint density at radius 3 is 2.25 bits per heavy atom. The van der Waals surface area contributed by atoms with Crippen molar-refractivity contribution in [2.24, 2.45) is 0 Å². The summed E-state index contributed by atoms with van der Waals surface area (Å²) < 4.78 is 40.0. The number of halogens is 3. The van der Waals surface area contributed by atoms with E-state index in [-0.39, 0.29) is 5.75 Å². The van der Waals surface area contributed by atoms with Crippen LogP contribution in [0.25, 0.3) is 11.3 Å². The van der Waals surface area contributed by atoms with Gasteiger partial charge in [-0.15, -0.1) is 13.2 Å². The largest absolute Gasteiger partial charge is 0.573 e. The van der Waals surface area contributed by atoms with E-state index in [1.165, 1.54) is 12.1 Å². The smallest absolute Gasteiger partial charge is 0.406 e. The first kappa shape index (κ1) is 14.4. The van der Waals surface area contributed by atoms with Crippen molar-refractivity contribution in [3.63, 3.8) is 0 Å². The Hall–Kier alpha value is -2.04. The lowest BCUT2D eigenvalue weighted by molar-refractivity contribution is -0.274. The molecule has 0 aliphatic carbocycles. The minimum absolute atomic E-state index is 0.233. The number of hydrogen-bond donors (Lipinski definition) is 0. The van der Waals surface area contributed by atoms with E-state index in [2.05, 4.69) is 16.6 Å². The van der Waals surface area contributed by atoms with Gasteiger partial charge in [0.15, 0.2) is 0 Å². The van der Waals surface area contributed by atoms with Crippen LogP contribution in [0.5, 0.6) is 5.75 Å². The Bertz CT molecular complexity index is 547. The highest BCUT2D eigenvalue weighted by atomic mass is 19.4. The number of alkyl halides is 3. The fraction of sp³-hybridized carbons (Fsp3) is 0.267. The minimum atomic E-state index is -4.67. The van der Waals surface area contributed by atoms with Crippen LogP contribution in [0.2, 0.25) is 0 Å². The predicted molar refractivity (Wildman–Crippen MR) is 70.4 cm³/mol. The van der Waals surface area contributed by atoms with Crippen molar-refractivity contribution in [2.75, 3.05) is 0 Å². The molecule has 106 valence electrons. The Balaban J connectivity index is 2.13. The Kier molecular flexibility index (Phi) is 4.27. The maximum atomic E-state index is 12.0. The van der Waals surface area contributed by atoms with E-state index < -0.39 is 6.36 Å². The maximum absolute atomic E-state index is 12.0. The van der Waals surface area contributed by atoms with Crippen molar-refractivity contribution in [3.05, 3.63) is 48.2 Å². The molecule has 0 unspecified atom stereocenters. The summed E-state index contributed by atoms with van der Waals surface area (Å²) in [6, 6.07) is 9.53. The maximum Gasteiger partial charge on any atom is 0.573 e. The lowest BCUT2D eigenvalue weighted by atomic mass is 10.1. The summed E-state index contributed by atoms with van der Waals surface area (Å²) in [5.41, 5.74) is 2.62. The third-order valence-electron chi connectivity index (χ3n) is 2.75. The molecule has 0 saturated heterocycles. The van der Waals surface area contributed by atoms with Crippen LogP contribution in [-0.2, 0) is 6.42 Å². The van der Waals surface area contributed by atoms with Gasteiger partial charge >= 0.3 is 6.36 Å². The van der Waals surface area contributed by atoms with Gasteiger partial charge in [0.1, 0.15) is 5.75 Å². The van der Waals surface area contributed by atoms with Crippen LogP contribution in [0.1, 0.15) is 18.9 Å². The summed E-state index contributed by atoms with van der Waals surface area (Å²) >= 11 is 0. The number of benzene rings is 1. The zero-order chi connectivity index (χ0) is 14.6. The van der Waals surface area contributed by atoms with Gasteiger partial charge in [-0.05, 0) is 42.3 Å². The average Bonchev–Trinajstić information content (AvgIpc) is 2.39. The zero-order valence-corrected chi connectivity index (χ0v) is 10.9. The SMILES string of the molecule is CCCc1ccc(-c2ccc(OC(F)(F)F)cc2)nc1. The van der Waals surface area contributed by atoms with Gasteiger partial charge in [-0.2, -0.15) is 0 Å². The topological polar surface area (TPSA) is 22.1 Å². The van der Waals surface area contributed by atoms with Gasteiger partial charge in [-0.1, -0.05) is 19.4 Å². The van der Waals surface area contributed by atoms with Crippen LogP contribution >= 0.6 is 0 Å². The highest BCUT2D eigenvalue weighted by Crippen LogP contribution is 2.25. The highest BCUT2D eigenvalue weighted by Gasteiger charge is 2.30. The Morgan fingerprint density at radius 2 is 1.75 bits per heavy atom. The Labute approximate surface area is 115 Å². The molecule has 0 radical (unpaired) electrons. The summed E-state index contributed by atoms with van der Waals surface area (Å²) in [6.45, 7) is 2.09. The van der Waals surface area contributed by atoms with Gasteiger partial charge in [0, 0.05) is 11.8 Å². The van der Waals surface area contributed by atoms with E-state index >= 15 is 0 Å². The molecular formula is C15H14F3NO. The molecule has 0 bridgehead atoms. The van der Waals surface area contributed by atoms with Crippen molar-refractivity contribution >= 4 is 0 Å². The monoisotopic (exact) mass is 281 g/mol. The molecule has 0 atom stereocenters. The minimum Gasteiger partial charge on any atom is -0.406 e. The van der Waals surface area contributed by atoms with Crippen molar-refractivity contribution in [2.45, 2.75) is 26.1 Å². The number of rotatable bonds is 4. The molecular weight excluding hydrogens is 267 g/mol. The van der Waals surface area contributed by atoms with E-state index in [4.69, 9.17) is 0 Å². The molecule has 0 spiro atoms. The summed E-state index contributed by atoms with van der Waals surface area (Å²) in [7, 11) is 0. The molecule has 0 amide bonds. The molecule has 1 heterocycles. The predicted octanol–water partition coefficient (Wildman–Crippen LogP) is 4.60. The third-order valence-corrected chi connectivity index (χ3v) is 2.75. The first-order valence-corrected chi connectivity index (χ1v) is 6.29. The van der Waals surface area contributed by atoms with Gasteiger partial charge in [0.05, 0.1) is 5.69 Å². The molecule has 1 aromatic heterocycles. The van der Waals surface area contributed by atoms with E-state index in [1.807, 2.05) is 12.1 Å². The highest BCUT2D eigenvalue weighted by molar-refractivity contribution is 5.60. The summed E-state index contributed by atoms with van der Waals surface area (Å²) in [6.07, 6.45) is -0.864. The zero-order valence-electron chi connectivity index (χ0n) is 10.9. The number of ether oxygens (including phenoxy) is 1. The molecule has 5 heteroatoms. The normalized spacial score (nSPS) is 11.4. The van der Waals surface area contributed by atoms with Gasteiger partial charge in [0.2, 0.25) is 0 Å². The van der Waals surface area contributed by atoms with Crippen LogP contribution in [0.4, 0.5) is 13.2 Å². The molecule has 0 saturated carbocycles. The molecule has 2 rings (SSSR count). The molecule has 0 fully saturated rings. The molecule has 0 aliphatic rings. The number of aryl methyl sites for hydroxylation is 1. The first-order chi connectivity index (χ1) is 9.48. The number of nitrogens with zero attached hydrogens (tertiary/aromatic N) is 1. The van der Waals surface area contributed by atoms with Crippen LogP contribution in [0.3, 0.4) is 0 Å². The standard InChI is InChI=1S/C15H14F3NO/c1-2-3-11-4-9-14(19-10-11)12-5-7-13(8-6-12)20-15(16,17)18/h4-10H,2-3H2,1H3. The van der Waals surface area contributed by atoms with Crippen LogP contribution < -0.4 is 4.74 Å². The summed E-state index contributed by atoms with van der Waals surface area (Å²) in [4.78, 5) is 4.31. The van der Waals surface area contributed by atoms with Crippen LogP contribution in [-0.4, -0.2) is 11.3 Å². The second kappa shape index (κ2) is 5.94. The van der Waals surface area contributed by atoms with E-state index in [0.29, 0.717) is 0 Å². The average molecular weight is 281 g/mol. The summed E-state index contributed by atoms with van der Waals surface area (Å²) in [5.74, 6) is -0.233.